The van der Waals surface area contributed by atoms with Gasteiger partial charge in [-0.25, -0.2) is 0 Å². The third-order valence-electron chi connectivity index (χ3n) is 1.98. The van der Waals surface area contributed by atoms with E-state index in [1.807, 2.05) is 0 Å². The van der Waals surface area contributed by atoms with Gasteiger partial charge in [-0.15, -0.1) is 0 Å². The summed E-state index contributed by atoms with van der Waals surface area (Å²) < 4.78 is 0. The molecule has 5 nitrogen and oxygen atoms in total. The van der Waals surface area contributed by atoms with Crippen LogP contribution in [0, 0.1) is 11.8 Å². The fourth-order valence-electron chi connectivity index (χ4n) is 1.31. The lowest BCUT2D eigenvalue weighted by atomic mass is 10.1. The van der Waals surface area contributed by atoms with Crippen molar-refractivity contribution in [2.24, 2.45) is 5.73 Å². The van der Waals surface area contributed by atoms with Gasteiger partial charge < -0.3 is 11.5 Å². The van der Waals surface area contributed by atoms with Crippen LogP contribution in [0.15, 0.2) is 24.5 Å². The zero-order chi connectivity index (χ0) is 11.5. The number of amides is 1. The molecule has 1 heterocycles. The minimum atomic E-state index is -0.708. The van der Waals surface area contributed by atoms with Crippen molar-refractivity contribution in [2.45, 2.75) is 0 Å². The zero-order valence-corrected chi connectivity index (χ0v) is 8.27. The predicted molar refractivity (Wildman–Crippen MR) is 60.0 cm³/mol. The molecule has 0 saturated heterocycles. The van der Waals surface area contributed by atoms with E-state index in [2.05, 4.69) is 21.8 Å². The Kier molecular flexibility index (Phi) is 2.40. The van der Waals surface area contributed by atoms with Gasteiger partial charge in [-0.2, -0.15) is 0 Å². The lowest BCUT2D eigenvalue weighted by Gasteiger charge is -2.01. The van der Waals surface area contributed by atoms with Crippen LogP contribution in [0.4, 0.5) is 5.69 Å². The molecule has 0 radical (unpaired) electrons. The van der Waals surface area contributed by atoms with E-state index in [0.29, 0.717) is 22.3 Å². The van der Waals surface area contributed by atoms with E-state index in [-0.39, 0.29) is 0 Å². The van der Waals surface area contributed by atoms with Crippen molar-refractivity contribution in [3.05, 3.63) is 30.1 Å². The molecule has 78 valence electrons. The number of hydrogen-bond donors (Lipinski definition) is 2. The van der Waals surface area contributed by atoms with E-state index in [1.54, 1.807) is 18.3 Å². The second-order valence-electron chi connectivity index (χ2n) is 3.07. The molecule has 1 aromatic heterocycles. The highest BCUT2D eigenvalue weighted by molar-refractivity contribution is 5.95. The summed E-state index contributed by atoms with van der Waals surface area (Å²) >= 11 is 0. The molecule has 5 heteroatoms. The van der Waals surface area contributed by atoms with Crippen LogP contribution < -0.4 is 11.5 Å². The second-order valence-corrected chi connectivity index (χ2v) is 3.07. The van der Waals surface area contributed by atoms with Crippen LogP contribution in [-0.2, 0) is 4.79 Å². The Hall–Kier alpha value is -2.61. The zero-order valence-electron chi connectivity index (χ0n) is 8.27. The highest BCUT2D eigenvalue weighted by Gasteiger charge is 2.04. The van der Waals surface area contributed by atoms with Crippen LogP contribution in [0.25, 0.3) is 11.0 Å². The molecule has 0 atom stereocenters. The van der Waals surface area contributed by atoms with Crippen LogP contribution in [-0.4, -0.2) is 15.9 Å². The summed E-state index contributed by atoms with van der Waals surface area (Å²) in [6.07, 6.45) is 3.11. The number of nitrogen functional groups attached to an aromatic ring is 1. The van der Waals surface area contributed by atoms with Crippen molar-refractivity contribution < 1.29 is 4.79 Å². The summed E-state index contributed by atoms with van der Waals surface area (Å²) in [6, 6.07) is 3.41. The van der Waals surface area contributed by atoms with Gasteiger partial charge in [-0.05, 0) is 12.1 Å². The number of hydrogen-bond acceptors (Lipinski definition) is 4. The van der Waals surface area contributed by atoms with Crippen molar-refractivity contribution in [3.8, 4) is 11.8 Å². The molecular weight excluding hydrogens is 204 g/mol. The number of anilines is 1. The molecule has 0 aliphatic heterocycles. The van der Waals surface area contributed by atoms with Gasteiger partial charge in [0, 0.05) is 24.0 Å². The Bertz CT molecular complexity index is 625. The van der Waals surface area contributed by atoms with Crippen LogP contribution in [0.3, 0.4) is 0 Å². The first-order valence-electron chi connectivity index (χ1n) is 4.49. The molecule has 1 aromatic carbocycles. The van der Waals surface area contributed by atoms with E-state index in [9.17, 15) is 4.79 Å². The van der Waals surface area contributed by atoms with Crippen molar-refractivity contribution in [1.29, 1.82) is 0 Å². The Balaban J connectivity index is 2.72. The highest BCUT2D eigenvalue weighted by Crippen LogP contribution is 2.19. The van der Waals surface area contributed by atoms with E-state index >= 15 is 0 Å². The van der Waals surface area contributed by atoms with Gasteiger partial charge in [0.15, 0.2) is 0 Å². The molecule has 0 saturated carbocycles. The maximum atomic E-state index is 10.6. The highest BCUT2D eigenvalue weighted by atomic mass is 16.1. The summed E-state index contributed by atoms with van der Waals surface area (Å²) in [5.41, 5.74) is 12.9. The molecule has 0 spiro atoms. The van der Waals surface area contributed by atoms with Gasteiger partial charge in [-0.1, -0.05) is 5.92 Å². The number of nitrogens with zero attached hydrogens (tertiary/aromatic N) is 2. The average Bonchev–Trinajstić information content (AvgIpc) is 2.27. The number of primary amides is 1. The summed E-state index contributed by atoms with van der Waals surface area (Å²) in [5.74, 6) is 4.13. The Labute approximate surface area is 91.5 Å². The molecule has 0 bridgehead atoms. The third kappa shape index (κ3) is 1.77. The number of rotatable bonds is 0. The van der Waals surface area contributed by atoms with Gasteiger partial charge in [0.05, 0.1) is 11.1 Å². The van der Waals surface area contributed by atoms with Crippen molar-refractivity contribution in [2.75, 3.05) is 5.73 Å². The molecule has 0 aliphatic rings. The van der Waals surface area contributed by atoms with E-state index in [1.165, 1.54) is 6.20 Å². The van der Waals surface area contributed by atoms with E-state index in [4.69, 9.17) is 11.5 Å². The average molecular weight is 212 g/mol. The quantitative estimate of drug-likeness (QED) is 0.476. The van der Waals surface area contributed by atoms with E-state index < -0.39 is 5.91 Å². The Morgan fingerprint density at radius 3 is 2.75 bits per heavy atom. The lowest BCUT2D eigenvalue weighted by molar-refractivity contribution is -0.112. The molecule has 0 aliphatic carbocycles. The maximum absolute atomic E-state index is 10.6. The molecule has 0 unspecified atom stereocenters. The number of carbonyl (C=O) groups excluding carboxylic acids is 1. The first-order chi connectivity index (χ1) is 7.68. The number of carbonyl (C=O) groups is 1. The number of benzene rings is 1. The van der Waals surface area contributed by atoms with Gasteiger partial charge in [0.2, 0.25) is 0 Å². The summed E-state index contributed by atoms with van der Waals surface area (Å²) in [6.45, 7) is 0. The predicted octanol–water partition coefficient (Wildman–Crippen LogP) is 0.0488. The lowest BCUT2D eigenvalue weighted by Crippen LogP contribution is -2.06. The van der Waals surface area contributed by atoms with Gasteiger partial charge in [-0.3, -0.25) is 14.8 Å². The Morgan fingerprint density at radius 2 is 2.00 bits per heavy atom. The van der Waals surface area contributed by atoms with Crippen molar-refractivity contribution in [3.63, 3.8) is 0 Å². The van der Waals surface area contributed by atoms with Crippen LogP contribution in [0.5, 0.6) is 0 Å². The SMILES string of the molecule is NC(=O)C#Cc1c(N)ccc2nccnc12. The fraction of sp³-hybridized carbons (Fsp3) is 0. The molecule has 16 heavy (non-hydrogen) atoms. The van der Waals surface area contributed by atoms with Gasteiger partial charge in [0.1, 0.15) is 5.52 Å². The molecule has 0 fully saturated rings. The minimum Gasteiger partial charge on any atom is -0.398 e. The van der Waals surface area contributed by atoms with Crippen LogP contribution in [0.1, 0.15) is 5.56 Å². The topological polar surface area (TPSA) is 94.9 Å². The standard InChI is InChI=1S/C11H8N4O/c12-8-2-3-9-11(15-6-5-14-9)7(8)1-4-10(13)16/h2-3,5-6H,12H2,(H2,13,16). The number of fused-ring (bicyclic) bond motifs is 1. The monoisotopic (exact) mass is 212 g/mol. The summed E-state index contributed by atoms with van der Waals surface area (Å²) in [5, 5.41) is 0. The van der Waals surface area contributed by atoms with Gasteiger partial charge >= 0.3 is 0 Å². The Morgan fingerprint density at radius 1 is 1.25 bits per heavy atom. The summed E-state index contributed by atoms with van der Waals surface area (Å²) in [4.78, 5) is 18.8. The molecule has 2 rings (SSSR count). The largest absolute Gasteiger partial charge is 0.398 e. The first kappa shape index (κ1) is 9.93. The van der Waals surface area contributed by atoms with Crippen LogP contribution in [0.2, 0.25) is 0 Å². The number of aromatic nitrogens is 2. The van der Waals surface area contributed by atoms with Crippen molar-refractivity contribution >= 4 is 22.6 Å². The van der Waals surface area contributed by atoms with E-state index in [0.717, 1.165) is 0 Å². The molecule has 1 amide bonds. The fourth-order valence-corrected chi connectivity index (χ4v) is 1.31. The summed E-state index contributed by atoms with van der Waals surface area (Å²) in [7, 11) is 0. The second kappa shape index (κ2) is 3.87. The first-order valence-corrected chi connectivity index (χ1v) is 4.49. The minimum absolute atomic E-state index is 0.446. The molecule has 4 N–H and O–H groups in total. The molecule has 2 aromatic rings. The number of nitrogens with two attached hydrogens (primary N) is 2. The van der Waals surface area contributed by atoms with Crippen molar-refractivity contribution in [1.82, 2.24) is 9.97 Å². The maximum Gasteiger partial charge on any atom is 0.293 e. The smallest absolute Gasteiger partial charge is 0.293 e. The normalized spacial score (nSPS) is 9.50. The third-order valence-corrected chi connectivity index (χ3v) is 1.98. The van der Waals surface area contributed by atoms with Gasteiger partial charge in [0.25, 0.3) is 5.91 Å². The molecular formula is C11H8N4O. The van der Waals surface area contributed by atoms with Crippen LogP contribution >= 0.6 is 0 Å².